The second kappa shape index (κ2) is 6.82. The van der Waals surface area contributed by atoms with Gasteiger partial charge < -0.3 is 4.90 Å². The van der Waals surface area contributed by atoms with Gasteiger partial charge in [0, 0.05) is 13.1 Å². The number of hydrogen-bond acceptors (Lipinski definition) is 4. The molecule has 1 saturated heterocycles. The van der Waals surface area contributed by atoms with E-state index in [0.29, 0.717) is 28.6 Å². The summed E-state index contributed by atoms with van der Waals surface area (Å²) in [5, 5.41) is -0.684. The van der Waals surface area contributed by atoms with Crippen LogP contribution in [-0.2, 0) is 9.84 Å². The van der Waals surface area contributed by atoms with Gasteiger partial charge in [0.25, 0.3) is 5.91 Å². The molecule has 2 heterocycles. The van der Waals surface area contributed by atoms with E-state index in [0.717, 1.165) is 12.1 Å². The number of carbonyl (C=O) groups is 1. The molecule has 1 fully saturated rings. The van der Waals surface area contributed by atoms with Crippen LogP contribution in [-0.4, -0.2) is 37.6 Å². The minimum absolute atomic E-state index is 0.0855. The lowest BCUT2D eigenvalue weighted by Crippen LogP contribution is -2.45. The fourth-order valence-corrected chi connectivity index (χ4v) is 5.54. The summed E-state index contributed by atoms with van der Waals surface area (Å²) in [5.41, 5.74) is 0. The fourth-order valence-electron chi connectivity index (χ4n) is 2.78. The Kier molecular flexibility index (Phi) is 4.94. The highest BCUT2D eigenvalue weighted by Crippen LogP contribution is 2.27. The van der Waals surface area contributed by atoms with Gasteiger partial charge in [-0.25, -0.2) is 12.8 Å². The van der Waals surface area contributed by atoms with Gasteiger partial charge >= 0.3 is 0 Å². The van der Waals surface area contributed by atoms with Crippen molar-refractivity contribution in [3.8, 4) is 0 Å². The summed E-state index contributed by atoms with van der Waals surface area (Å²) >= 11 is 7.04. The standard InChI is InChI=1S/C16H15ClFNO3S2/c17-15-8-7-14(23-15)16(20)19-9-1-2-13(10-19)24(21,22)12-5-3-11(18)4-6-12/h3-8,13H,1-2,9-10H2. The van der Waals surface area contributed by atoms with E-state index in [4.69, 9.17) is 11.6 Å². The molecule has 4 nitrogen and oxygen atoms in total. The van der Waals surface area contributed by atoms with Crippen molar-refractivity contribution in [2.75, 3.05) is 13.1 Å². The number of hydrogen-bond donors (Lipinski definition) is 0. The number of thiophene rings is 1. The zero-order valence-corrected chi connectivity index (χ0v) is 15.0. The molecule has 0 radical (unpaired) electrons. The quantitative estimate of drug-likeness (QED) is 0.756. The van der Waals surface area contributed by atoms with E-state index in [1.54, 1.807) is 17.0 Å². The second-order valence-corrected chi connectivity index (χ2v) is 9.56. The second-order valence-electron chi connectivity index (χ2n) is 5.62. The van der Waals surface area contributed by atoms with Crippen molar-refractivity contribution < 1.29 is 17.6 Å². The molecule has 128 valence electrons. The predicted octanol–water partition coefficient (Wildman–Crippen LogP) is 3.62. The molecule has 1 unspecified atom stereocenters. The first-order chi connectivity index (χ1) is 11.4. The molecule has 1 amide bonds. The monoisotopic (exact) mass is 387 g/mol. The Morgan fingerprint density at radius 2 is 1.92 bits per heavy atom. The Labute approximate surface area is 148 Å². The molecule has 1 aromatic carbocycles. The van der Waals surface area contributed by atoms with Crippen molar-refractivity contribution in [1.82, 2.24) is 4.90 Å². The molecular weight excluding hydrogens is 373 g/mol. The van der Waals surface area contributed by atoms with Gasteiger partial charge in [0.05, 0.1) is 19.4 Å². The molecule has 8 heteroatoms. The minimum Gasteiger partial charge on any atom is -0.337 e. The van der Waals surface area contributed by atoms with E-state index in [2.05, 4.69) is 0 Å². The maximum Gasteiger partial charge on any atom is 0.264 e. The molecule has 0 saturated carbocycles. The Bertz CT molecular complexity index is 848. The molecule has 1 aromatic heterocycles. The van der Waals surface area contributed by atoms with E-state index in [9.17, 15) is 17.6 Å². The fraction of sp³-hybridized carbons (Fsp3) is 0.312. The minimum atomic E-state index is -3.61. The van der Waals surface area contributed by atoms with Gasteiger partial charge in [-0.05, 0) is 49.2 Å². The van der Waals surface area contributed by atoms with Crippen LogP contribution < -0.4 is 0 Å². The average Bonchev–Trinajstić information content (AvgIpc) is 3.01. The maximum absolute atomic E-state index is 13.0. The third-order valence-corrected chi connectivity index (χ3v) is 7.44. The van der Waals surface area contributed by atoms with Crippen LogP contribution in [0.15, 0.2) is 41.3 Å². The van der Waals surface area contributed by atoms with Crippen LogP contribution >= 0.6 is 22.9 Å². The van der Waals surface area contributed by atoms with Gasteiger partial charge in [-0.3, -0.25) is 4.79 Å². The number of sulfone groups is 1. The van der Waals surface area contributed by atoms with Crippen molar-refractivity contribution in [1.29, 1.82) is 0 Å². The summed E-state index contributed by atoms with van der Waals surface area (Å²) in [6.07, 6.45) is 1.09. The third-order valence-electron chi connectivity index (χ3n) is 4.03. The van der Waals surface area contributed by atoms with Crippen molar-refractivity contribution in [2.45, 2.75) is 23.0 Å². The molecule has 0 bridgehead atoms. The lowest BCUT2D eigenvalue weighted by Gasteiger charge is -2.32. The van der Waals surface area contributed by atoms with Crippen molar-refractivity contribution in [3.05, 3.63) is 51.4 Å². The number of benzene rings is 1. The van der Waals surface area contributed by atoms with Crippen LogP contribution in [0.25, 0.3) is 0 Å². The number of carbonyl (C=O) groups excluding carboxylic acids is 1. The zero-order chi connectivity index (χ0) is 17.3. The molecule has 0 aliphatic carbocycles. The normalized spacial score (nSPS) is 18.6. The molecule has 3 rings (SSSR count). The molecular formula is C16H15ClFNO3S2. The molecule has 24 heavy (non-hydrogen) atoms. The van der Waals surface area contributed by atoms with E-state index in [-0.39, 0.29) is 17.3 Å². The third kappa shape index (κ3) is 3.48. The smallest absolute Gasteiger partial charge is 0.264 e. The average molecular weight is 388 g/mol. The molecule has 0 N–H and O–H groups in total. The van der Waals surface area contributed by atoms with E-state index in [1.807, 2.05) is 0 Å². The van der Waals surface area contributed by atoms with Gasteiger partial charge in [-0.2, -0.15) is 0 Å². The van der Waals surface area contributed by atoms with Crippen LogP contribution in [0.4, 0.5) is 4.39 Å². The number of likely N-dealkylation sites (tertiary alicyclic amines) is 1. The topological polar surface area (TPSA) is 54.5 Å². The van der Waals surface area contributed by atoms with Crippen LogP contribution in [0.1, 0.15) is 22.5 Å². The summed E-state index contributed by atoms with van der Waals surface area (Å²) < 4.78 is 39.0. The van der Waals surface area contributed by atoms with Crippen LogP contribution in [0.2, 0.25) is 4.34 Å². The Hall–Kier alpha value is -1.44. The first-order valence-electron chi connectivity index (χ1n) is 7.42. The SMILES string of the molecule is O=C(c1ccc(Cl)s1)N1CCCC(S(=O)(=O)c2ccc(F)cc2)C1. The van der Waals surface area contributed by atoms with Gasteiger partial charge in [-0.1, -0.05) is 11.6 Å². The maximum atomic E-state index is 13.0. The summed E-state index contributed by atoms with van der Waals surface area (Å²) in [7, 11) is -3.61. The number of nitrogens with zero attached hydrogens (tertiary/aromatic N) is 1. The number of rotatable bonds is 3. The number of amides is 1. The Balaban J connectivity index is 1.80. The number of piperidine rings is 1. The summed E-state index contributed by atoms with van der Waals surface area (Å²) in [4.78, 5) is 14.6. The van der Waals surface area contributed by atoms with Gasteiger partial charge in [0.2, 0.25) is 0 Å². The highest BCUT2D eigenvalue weighted by molar-refractivity contribution is 7.92. The van der Waals surface area contributed by atoms with Crippen LogP contribution in [0.3, 0.4) is 0 Å². The van der Waals surface area contributed by atoms with Crippen molar-refractivity contribution in [2.24, 2.45) is 0 Å². The molecule has 1 aliphatic rings. The summed E-state index contributed by atoms with van der Waals surface area (Å²) in [6, 6.07) is 8.09. The largest absolute Gasteiger partial charge is 0.337 e. The first-order valence-corrected chi connectivity index (χ1v) is 10.2. The predicted molar refractivity (Wildman–Crippen MR) is 91.8 cm³/mol. The highest BCUT2D eigenvalue weighted by Gasteiger charge is 2.34. The molecule has 2 aromatic rings. The molecule has 1 aliphatic heterocycles. The first kappa shape index (κ1) is 17.4. The van der Waals surface area contributed by atoms with Crippen molar-refractivity contribution >= 4 is 38.7 Å². The van der Waals surface area contributed by atoms with E-state index >= 15 is 0 Å². The van der Waals surface area contributed by atoms with E-state index in [1.165, 1.54) is 23.5 Å². The Morgan fingerprint density at radius 1 is 1.21 bits per heavy atom. The number of halogens is 2. The summed E-state index contributed by atoms with van der Waals surface area (Å²) in [5.74, 6) is -0.685. The van der Waals surface area contributed by atoms with Crippen LogP contribution in [0.5, 0.6) is 0 Å². The van der Waals surface area contributed by atoms with Crippen molar-refractivity contribution in [3.63, 3.8) is 0 Å². The molecule has 1 atom stereocenters. The van der Waals surface area contributed by atoms with Gasteiger partial charge in [0.1, 0.15) is 5.82 Å². The van der Waals surface area contributed by atoms with Crippen LogP contribution in [0, 0.1) is 5.82 Å². The molecule has 0 spiro atoms. The summed E-state index contributed by atoms with van der Waals surface area (Å²) in [6.45, 7) is 0.651. The van der Waals surface area contributed by atoms with Gasteiger partial charge in [0.15, 0.2) is 9.84 Å². The van der Waals surface area contributed by atoms with Gasteiger partial charge in [-0.15, -0.1) is 11.3 Å². The Morgan fingerprint density at radius 3 is 2.54 bits per heavy atom. The lowest BCUT2D eigenvalue weighted by atomic mass is 10.1. The highest BCUT2D eigenvalue weighted by atomic mass is 35.5. The lowest BCUT2D eigenvalue weighted by molar-refractivity contribution is 0.0732. The van der Waals surface area contributed by atoms with E-state index < -0.39 is 20.9 Å². The zero-order valence-electron chi connectivity index (χ0n) is 12.6.